The van der Waals surface area contributed by atoms with E-state index >= 15 is 0 Å². The standard InChI is InChI=1S/C14H16Cl2N2OS/c1-8-5-4-6-9(2)10(8)17-12(20)18-11(19)13(3)7-14(13,15)16/h4-6H,7H2,1-3H3,(H2,17,18,19,20). The minimum atomic E-state index is -0.995. The molecule has 2 N–H and O–H groups in total. The molecule has 1 atom stereocenters. The van der Waals surface area contributed by atoms with Gasteiger partial charge in [-0.3, -0.25) is 4.79 Å². The summed E-state index contributed by atoms with van der Waals surface area (Å²) in [6, 6.07) is 5.92. The highest BCUT2D eigenvalue weighted by Gasteiger charge is 2.68. The fourth-order valence-electron chi connectivity index (χ4n) is 2.04. The zero-order chi connectivity index (χ0) is 15.1. The van der Waals surface area contributed by atoms with Crippen LogP contribution in [0, 0.1) is 19.3 Å². The number of hydrogen-bond acceptors (Lipinski definition) is 2. The average Bonchev–Trinajstić information content (AvgIpc) is 2.85. The third-order valence-electron chi connectivity index (χ3n) is 3.71. The summed E-state index contributed by atoms with van der Waals surface area (Å²) in [6.07, 6.45) is 0.431. The number of thiocarbonyl (C=S) groups is 1. The third-order valence-corrected chi connectivity index (χ3v) is 5.01. The first-order valence-corrected chi connectivity index (χ1v) is 7.40. The molecule has 1 aliphatic rings. The molecular weight excluding hydrogens is 315 g/mol. The van der Waals surface area contributed by atoms with Gasteiger partial charge in [-0.2, -0.15) is 0 Å². The number of amides is 1. The SMILES string of the molecule is Cc1cccc(C)c1NC(=S)NC(=O)C1(C)CC1(Cl)Cl. The van der Waals surface area contributed by atoms with Crippen molar-refractivity contribution in [1.82, 2.24) is 5.32 Å². The summed E-state index contributed by atoms with van der Waals surface area (Å²) in [6.45, 7) is 5.68. The van der Waals surface area contributed by atoms with E-state index in [0.717, 1.165) is 16.8 Å². The Hall–Kier alpha value is -0.840. The molecule has 0 radical (unpaired) electrons. The molecule has 1 saturated carbocycles. The number of aryl methyl sites for hydroxylation is 2. The normalized spacial score (nSPS) is 23.1. The number of carbonyl (C=O) groups excluding carboxylic acids is 1. The van der Waals surface area contributed by atoms with Crippen LogP contribution in [0.25, 0.3) is 0 Å². The fourth-order valence-corrected chi connectivity index (χ4v) is 2.94. The van der Waals surface area contributed by atoms with Crippen LogP contribution in [0.1, 0.15) is 24.5 Å². The lowest BCUT2D eigenvalue weighted by atomic mass is 10.1. The second kappa shape index (κ2) is 5.17. The van der Waals surface area contributed by atoms with Gasteiger partial charge in [0, 0.05) is 5.69 Å². The van der Waals surface area contributed by atoms with Crippen LogP contribution in [0.3, 0.4) is 0 Å². The van der Waals surface area contributed by atoms with Crippen molar-refractivity contribution in [1.29, 1.82) is 0 Å². The van der Waals surface area contributed by atoms with Crippen molar-refractivity contribution in [2.24, 2.45) is 5.41 Å². The highest BCUT2D eigenvalue weighted by atomic mass is 35.5. The Morgan fingerprint density at radius 2 is 1.80 bits per heavy atom. The maximum Gasteiger partial charge on any atom is 0.235 e. The summed E-state index contributed by atoms with van der Waals surface area (Å²) in [5.41, 5.74) is 2.25. The maximum absolute atomic E-state index is 12.1. The molecule has 20 heavy (non-hydrogen) atoms. The van der Waals surface area contributed by atoms with Gasteiger partial charge < -0.3 is 10.6 Å². The largest absolute Gasteiger partial charge is 0.332 e. The van der Waals surface area contributed by atoms with Crippen molar-refractivity contribution < 1.29 is 4.79 Å². The highest BCUT2D eigenvalue weighted by Crippen LogP contribution is 2.63. The maximum atomic E-state index is 12.1. The monoisotopic (exact) mass is 330 g/mol. The van der Waals surface area contributed by atoms with E-state index in [4.69, 9.17) is 35.4 Å². The van der Waals surface area contributed by atoms with Crippen molar-refractivity contribution in [2.75, 3.05) is 5.32 Å². The summed E-state index contributed by atoms with van der Waals surface area (Å²) >= 11 is 17.1. The second-order valence-corrected chi connectivity index (χ2v) is 7.28. The van der Waals surface area contributed by atoms with E-state index < -0.39 is 9.75 Å². The molecule has 108 valence electrons. The quantitative estimate of drug-likeness (QED) is 0.641. The smallest absolute Gasteiger partial charge is 0.235 e. The van der Waals surface area contributed by atoms with Gasteiger partial charge >= 0.3 is 0 Å². The van der Waals surface area contributed by atoms with E-state index in [1.807, 2.05) is 32.0 Å². The van der Waals surface area contributed by atoms with E-state index in [1.165, 1.54) is 0 Å². The molecule has 1 amide bonds. The molecule has 0 heterocycles. The van der Waals surface area contributed by atoms with Crippen LogP contribution < -0.4 is 10.6 Å². The van der Waals surface area contributed by atoms with Crippen molar-refractivity contribution in [2.45, 2.75) is 31.5 Å². The molecule has 1 unspecified atom stereocenters. The van der Waals surface area contributed by atoms with Gasteiger partial charge in [0.2, 0.25) is 5.91 Å². The Labute approximate surface area is 134 Å². The fraction of sp³-hybridized carbons (Fsp3) is 0.429. The lowest BCUT2D eigenvalue weighted by Crippen LogP contribution is -2.40. The topological polar surface area (TPSA) is 41.1 Å². The number of hydrogen-bond donors (Lipinski definition) is 2. The molecule has 1 fully saturated rings. The second-order valence-electron chi connectivity index (χ2n) is 5.39. The Bertz CT molecular complexity index is 568. The predicted octanol–water partition coefficient (Wildman–Crippen LogP) is 3.70. The summed E-state index contributed by atoms with van der Waals surface area (Å²) in [5.74, 6) is -0.258. The molecule has 3 nitrogen and oxygen atoms in total. The number of para-hydroxylation sites is 1. The summed E-state index contributed by atoms with van der Waals surface area (Å²) < 4.78 is -0.995. The van der Waals surface area contributed by atoms with Crippen molar-refractivity contribution >= 4 is 52.1 Å². The summed E-state index contributed by atoms with van der Waals surface area (Å²) in [7, 11) is 0. The van der Waals surface area contributed by atoms with Crippen LogP contribution in [0.15, 0.2) is 18.2 Å². The molecular formula is C14H16Cl2N2OS. The molecule has 2 rings (SSSR count). The van der Waals surface area contributed by atoms with Crippen LogP contribution in [-0.4, -0.2) is 15.4 Å². The minimum Gasteiger partial charge on any atom is -0.332 e. The van der Waals surface area contributed by atoms with E-state index in [1.54, 1.807) is 6.92 Å². The van der Waals surface area contributed by atoms with Gasteiger partial charge in [-0.05, 0) is 50.5 Å². The van der Waals surface area contributed by atoms with Gasteiger partial charge in [-0.1, -0.05) is 18.2 Å². The van der Waals surface area contributed by atoms with E-state index in [0.29, 0.717) is 6.42 Å². The number of anilines is 1. The number of alkyl halides is 2. The molecule has 1 aromatic carbocycles. The van der Waals surface area contributed by atoms with E-state index in [2.05, 4.69) is 10.6 Å². The molecule has 1 aliphatic carbocycles. The zero-order valence-corrected chi connectivity index (χ0v) is 13.8. The summed E-state index contributed by atoms with van der Waals surface area (Å²) in [5, 5.41) is 5.96. The van der Waals surface area contributed by atoms with Crippen molar-refractivity contribution in [3.63, 3.8) is 0 Å². The molecule has 6 heteroatoms. The first-order valence-electron chi connectivity index (χ1n) is 6.24. The van der Waals surface area contributed by atoms with Crippen LogP contribution in [0.4, 0.5) is 5.69 Å². The first-order chi connectivity index (χ1) is 9.17. The van der Waals surface area contributed by atoms with Gasteiger partial charge in [0.05, 0.1) is 5.41 Å². The Morgan fingerprint density at radius 3 is 2.25 bits per heavy atom. The molecule has 1 aromatic rings. The van der Waals surface area contributed by atoms with E-state index in [9.17, 15) is 4.79 Å². The van der Waals surface area contributed by atoms with Crippen LogP contribution in [-0.2, 0) is 4.79 Å². The van der Waals surface area contributed by atoms with Crippen molar-refractivity contribution in [3.05, 3.63) is 29.3 Å². The number of nitrogens with one attached hydrogen (secondary N) is 2. The lowest BCUT2D eigenvalue weighted by Gasteiger charge is -2.16. The van der Waals surface area contributed by atoms with Gasteiger partial charge in [-0.25, -0.2) is 0 Å². The Morgan fingerprint density at radius 1 is 1.30 bits per heavy atom. The molecule has 0 aliphatic heterocycles. The van der Waals surface area contributed by atoms with Crippen LogP contribution in [0.2, 0.25) is 0 Å². The Balaban J connectivity index is 2.02. The molecule has 0 saturated heterocycles. The van der Waals surface area contributed by atoms with Crippen LogP contribution in [0.5, 0.6) is 0 Å². The number of carbonyl (C=O) groups is 1. The molecule has 0 spiro atoms. The number of rotatable bonds is 2. The summed E-state index contributed by atoms with van der Waals surface area (Å²) in [4.78, 5) is 12.1. The third kappa shape index (κ3) is 2.78. The highest BCUT2D eigenvalue weighted by molar-refractivity contribution is 7.80. The first kappa shape index (κ1) is 15.5. The van der Waals surface area contributed by atoms with Crippen LogP contribution >= 0.6 is 35.4 Å². The number of halogens is 2. The number of benzene rings is 1. The van der Waals surface area contributed by atoms with E-state index in [-0.39, 0.29) is 11.0 Å². The molecule has 0 aromatic heterocycles. The van der Waals surface area contributed by atoms with Crippen molar-refractivity contribution in [3.8, 4) is 0 Å². The molecule has 0 bridgehead atoms. The Kier molecular flexibility index (Phi) is 4.02. The van der Waals surface area contributed by atoms with Gasteiger partial charge in [0.15, 0.2) is 5.11 Å². The predicted molar refractivity (Wildman–Crippen MR) is 87.4 cm³/mol. The van der Waals surface area contributed by atoms with Gasteiger partial charge in [-0.15, -0.1) is 23.2 Å². The zero-order valence-electron chi connectivity index (χ0n) is 11.5. The average molecular weight is 331 g/mol. The lowest BCUT2D eigenvalue weighted by molar-refractivity contribution is -0.124. The minimum absolute atomic E-state index is 0.254. The van der Waals surface area contributed by atoms with Gasteiger partial charge in [0.1, 0.15) is 4.33 Å². The van der Waals surface area contributed by atoms with Gasteiger partial charge in [0.25, 0.3) is 0 Å².